The van der Waals surface area contributed by atoms with Crippen LogP contribution < -0.4 is 5.73 Å². The molecule has 0 atom stereocenters. The van der Waals surface area contributed by atoms with Gasteiger partial charge in [0, 0.05) is 13.1 Å². The summed E-state index contributed by atoms with van der Waals surface area (Å²) in [5.74, 6) is 0.0134. The lowest BCUT2D eigenvalue weighted by molar-refractivity contribution is -0.129. The van der Waals surface area contributed by atoms with Crippen LogP contribution in [0.25, 0.3) is 0 Å². The molecule has 1 aliphatic rings. The molecule has 0 saturated carbocycles. The van der Waals surface area contributed by atoms with Gasteiger partial charge in [0.05, 0.1) is 22.9 Å². The molecule has 0 bridgehead atoms. The Morgan fingerprint density at radius 1 is 1.33 bits per heavy atom. The van der Waals surface area contributed by atoms with Gasteiger partial charge >= 0.3 is 0 Å². The molecule has 0 aromatic carbocycles. The Bertz CT molecular complexity index is 364. The fraction of sp³-hybridized carbons (Fsp3) is 0.750. The van der Waals surface area contributed by atoms with Crippen LogP contribution in [0.5, 0.6) is 0 Å². The van der Waals surface area contributed by atoms with Crippen molar-refractivity contribution in [2.24, 2.45) is 5.73 Å². The molecule has 1 amide bonds. The van der Waals surface area contributed by atoms with E-state index in [1.165, 1.54) is 4.90 Å². The van der Waals surface area contributed by atoms with Gasteiger partial charge in [0.1, 0.15) is 0 Å². The van der Waals surface area contributed by atoms with Crippen LogP contribution in [0.4, 0.5) is 0 Å². The van der Waals surface area contributed by atoms with Crippen LogP contribution >= 0.6 is 12.2 Å². The van der Waals surface area contributed by atoms with Crippen molar-refractivity contribution in [3.8, 4) is 0 Å². The van der Waals surface area contributed by atoms with E-state index in [-0.39, 0.29) is 35.4 Å². The first-order valence-corrected chi connectivity index (χ1v) is 6.90. The molecule has 0 aromatic heterocycles. The van der Waals surface area contributed by atoms with E-state index in [0.717, 1.165) is 0 Å². The van der Waals surface area contributed by atoms with Gasteiger partial charge in [0.15, 0.2) is 9.84 Å². The summed E-state index contributed by atoms with van der Waals surface area (Å²) in [5, 5.41) is 0. The Kier molecular flexibility index (Phi) is 4.04. The molecule has 2 N–H and O–H groups in total. The smallest absolute Gasteiger partial charge is 0.229 e. The van der Waals surface area contributed by atoms with Crippen molar-refractivity contribution in [3.05, 3.63) is 0 Å². The van der Waals surface area contributed by atoms with E-state index in [0.29, 0.717) is 13.0 Å². The highest BCUT2D eigenvalue weighted by Gasteiger charge is 2.22. The van der Waals surface area contributed by atoms with Crippen molar-refractivity contribution in [2.75, 3.05) is 24.6 Å². The molecule has 1 heterocycles. The summed E-state index contributed by atoms with van der Waals surface area (Å²) in [5.41, 5.74) is 5.26. The second kappa shape index (κ2) is 4.89. The largest absolute Gasteiger partial charge is 0.393 e. The van der Waals surface area contributed by atoms with E-state index >= 15 is 0 Å². The standard InChI is InChI=1S/C8H14N2O3S2/c9-7(14)6-8(11)10-2-1-4-15(12,13)5-3-10/h1-6H2,(H2,9,14). The molecule has 0 spiro atoms. The van der Waals surface area contributed by atoms with Crippen LogP contribution in [0.15, 0.2) is 0 Å². The first-order valence-electron chi connectivity index (χ1n) is 4.67. The van der Waals surface area contributed by atoms with Crippen molar-refractivity contribution in [2.45, 2.75) is 12.8 Å². The highest BCUT2D eigenvalue weighted by molar-refractivity contribution is 7.91. The van der Waals surface area contributed by atoms with Gasteiger partial charge in [-0.15, -0.1) is 0 Å². The molecule has 0 aliphatic carbocycles. The summed E-state index contributed by atoms with van der Waals surface area (Å²) < 4.78 is 22.5. The van der Waals surface area contributed by atoms with E-state index in [1.54, 1.807) is 0 Å². The molecule has 86 valence electrons. The molecule has 0 unspecified atom stereocenters. The minimum Gasteiger partial charge on any atom is -0.393 e. The summed E-state index contributed by atoms with van der Waals surface area (Å²) in [6.07, 6.45) is 0.515. The van der Waals surface area contributed by atoms with Crippen LogP contribution in [0.1, 0.15) is 12.8 Å². The molecule has 1 fully saturated rings. The van der Waals surface area contributed by atoms with E-state index in [9.17, 15) is 13.2 Å². The predicted molar refractivity (Wildman–Crippen MR) is 61.3 cm³/mol. The Hall–Kier alpha value is -0.690. The fourth-order valence-electron chi connectivity index (χ4n) is 1.45. The van der Waals surface area contributed by atoms with Gasteiger partial charge in [-0.25, -0.2) is 8.42 Å². The van der Waals surface area contributed by atoms with Gasteiger partial charge < -0.3 is 10.6 Å². The summed E-state index contributed by atoms with van der Waals surface area (Å²) >= 11 is 4.63. The zero-order chi connectivity index (χ0) is 11.5. The number of hydrogen-bond acceptors (Lipinski definition) is 4. The normalized spacial score (nSPS) is 20.7. The number of nitrogens with zero attached hydrogens (tertiary/aromatic N) is 1. The third-order valence-electron chi connectivity index (χ3n) is 2.23. The van der Waals surface area contributed by atoms with Crippen LogP contribution in [-0.2, 0) is 14.6 Å². The van der Waals surface area contributed by atoms with E-state index in [1.807, 2.05) is 0 Å². The third kappa shape index (κ3) is 4.13. The lowest BCUT2D eigenvalue weighted by atomic mass is 10.3. The van der Waals surface area contributed by atoms with Gasteiger partial charge in [0.25, 0.3) is 0 Å². The van der Waals surface area contributed by atoms with Crippen LogP contribution in [0.3, 0.4) is 0 Å². The van der Waals surface area contributed by atoms with Crippen LogP contribution in [0, 0.1) is 0 Å². The first kappa shape index (κ1) is 12.4. The highest BCUT2D eigenvalue weighted by atomic mass is 32.2. The molecule has 0 aromatic rings. The zero-order valence-electron chi connectivity index (χ0n) is 8.31. The molecule has 1 saturated heterocycles. The summed E-state index contributed by atoms with van der Waals surface area (Å²) in [6, 6.07) is 0. The maximum absolute atomic E-state index is 11.5. The van der Waals surface area contributed by atoms with Crippen LogP contribution in [-0.4, -0.2) is 48.8 Å². The Morgan fingerprint density at radius 3 is 2.60 bits per heavy atom. The second-order valence-corrected chi connectivity index (χ2v) is 6.36. The van der Waals surface area contributed by atoms with Gasteiger partial charge in [-0.1, -0.05) is 12.2 Å². The van der Waals surface area contributed by atoms with Crippen molar-refractivity contribution in [1.29, 1.82) is 0 Å². The number of nitrogens with two attached hydrogens (primary N) is 1. The summed E-state index contributed by atoms with van der Waals surface area (Å²) in [7, 11) is -2.97. The van der Waals surface area contributed by atoms with E-state index < -0.39 is 9.84 Å². The average molecular weight is 250 g/mol. The van der Waals surface area contributed by atoms with Gasteiger partial charge in [0.2, 0.25) is 5.91 Å². The number of hydrogen-bond donors (Lipinski definition) is 1. The number of rotatable bonds is 2. The number of amides is 1. The Morgan fingerprint density at radius 2 is 2.00 bits per heavy atom. The van der Waals surface area contributed by atoms with Gasteiger partial charge in [-0.05, 0) is 6.42 Å². The minimum absolute atomic E-state index is 0.0232. The van der Waals surface area contributed by atoms with Gasteiger partial charge in [-0.3, -0.25) is 4.79 Å². The molecule has 15 heavy (non-hydrogen) atoms. The molecule has 0 radical (unpaired) electrons. The molecule has 7 heteroatoms. The summed E-state index contributed by atoms with van der Waals surface area (Å²) in [4.78, 5) is 13.2. The van der Waals surface area contributed by atoms with Gasteiger partial charge in [-0.2, -0.15) is 0 Å². The van der Waals surface area contributed by atoms with Crippen LogP contribution in [0.2, 0.25) is 0 Å². The number of sulfone groups is 1. The lowest BCUT2D eigenvalue weighted by Gasteiger charge is -2.19. The Labute approximate surface area is 94.5 Å². The topological polar surface area (TPSA) is 80.5 Å². The quantitative estimate of drug-likeness (QED) is 0.656. The SMILES string of the molecule is NC(=S)CC(=O)N1CCCS(=O)(=O)CC1. The van der Waals surface area contributed by atoms with Crippen molar-refractivity contribution >= 4 is 33.0 Å². The average Bonchev–Trinajstić information content (AvgIpc) is 2.25. The molecule has 5 nitrogen and oxygen atoms in total. The maximum atomic E-state index is 11.5. The maximum Gasteiger partial charge on any atom is 0.229 e. The predicted octanol–water partition coefficient (Wildman–Crippen LogP) is -0.690. The number of thiocarbonyl (C=S) groups is 1. The zero-order valence-corrected chi connectivity index (χ0v) is 9.94. The lowest BCUT2D eigenvalue weighted by Crippen LogP contribution is -2.35. The molecule has 1 aliphatic heterocycles. The number of carbonyl (C=O) groups is 1. The highest BCUT2D eigenvalue weighted by Crippen LogP contribution is 2.06. The molecular formula is C8H14N2O3S2. The van der Waals surface area contributed by atoms with E-state index in [2.05, 4.69) is 12.2 Å². The summed E-state index contributed by atoms with van der Waals surface area (Å²) in [6.45, 7) is 0.727. The van der Waals surface area contributed by atoms with Crippen molar-refractivity contribution < 1.29 is 13.2 Å². The van der Waals surface area contributed by atoms with E-state index in [4.69, 9.17) is 5.73 Å². The third-order valence-corrected chi connectivity index (χ3v) is 4.09. The minimum atomic E-state index is -2.97. The number of carbonyl (C=O) groups excluding carboxylic acids is 1. The second-order valence-electron chi connectivity index (χ2n) is 3.53. The van der Waals surface area contributed by atoms with Crippen molar-refractivity contribution in [3.63, 3.8) is 0 Å². The first-order chi connectivity index (χ1) is 6.91. The fourth-order valence-corrected chi connectivity index (χ4v) is 2.84. The monoisotopic (exact) mass is 250 g/mol. The Balaban J connectivity index is 2.58. The molecule has 1 rings (SSSR count). The molecular weight excluding hydrogens is 236 g/mol. The van der Waals surface area contributed by atoms with Crippen molar-refractivity contribution in [1.82, 2.24) is 4.90 Å².